The van der Waals surface area contributed by atoms with Crippen LogP contribution in [0.3, 0.4) is 0 Å². The molecule has 6 aromatic rings. The third-order valence-electron chi connectivity index (χ3n) is 7.00. The monoisotopic (exact) mass is 491 g/mol. The van der Waals surface area contributed by atoms with Crippen LogP contribution in [0.5, 0.6) is 0 Å². The van der Waals surface area contributed by atoms with E-state index in [0.717, 1.165) is 33.8 Å². The Hall–Kier alpha value is -4.89. The van der Waals surface area contributed by atoms with Crippen LogP contribution < -0.4 is 5.32 Å². The van der Waals surface area contributed by atoms with Crippen molar-refractivity contribution in [2.24, 2.45) is 4.99 Å². The van der Waals surface area contributed by atoms with Gasteiger partial charge in [-0.05, 0) is 36.2 Å². The van der Waals surface area contributed by atoms with E-state index >= 15 is 0 Å². The molecule has 3 nitrogen and oxygen atoms in total. The SMILES string of the molecule is C=C(NC(N=C(C)c1ccccc1)c1ccccc1-n1c2ccccc2c2ccccc21)c1ccccc1. The number of fused-ring (bicyclic) bond motifs is 3. The Morgan fingerprint density at radius 1 is 0.632 bits per heavy atom. The van der Waals surface area contributed by atoms with Crippen molar-refractivity contribution in [1.82, 2.24) is 9.88 Å². The molecule has 0 aliphatic heterocycles. The van der Waals surface area contributed by atoms with Gasteiger partial charge in [0.1, 0.15) is 6.17 Å². The highest BCUT2D eigenvalue weighted by molar-refractivity contribution is 6.09. The molecule has 1 heterocycles. The number of hydrogen-bond acceptors (Lipinski definition) is 2. The number of benzene rings is 5. The summed E-state index contributed by atoms with van der Waals surface area (Å²) < 4.78 is 2.35. The second kappa shape index (κ2) is 10.2. The predicted octanol–water partition coefficient (Wildman–Crippen LogP) is 8.55. The summed E-state index contributed by atoms with van der Waals surface area (Å²) in [5.74, 6) is 0. The Kier molecular flexibility index (Phi) is 6.33. The third kappa shape index (κ3) is 4.39. The van der Waals surface area contributed by atoms with E-state index in [0.29, 0.717) is 0 Å². The Bertz CT molecular complexity index is 1710. The van der Waals surface area contributed by atoms with E-state index in [1.165, 1.54) is 21.8 Å². The lowest BCUT2D eigenvalue weighted by atomic mass is 10.1. The number of rotatable bonds is 7. The first-order valence-corrected chi connectivity index (χ1v) is 12.9. The first-order valence-electron chi connectivity index (χ1n) is 12.9. The number of nitrogens with zero attached hydrogens (tertiary/aromatic N) is 2. The second-order valence-corrected chi connectivity index (χ2v) is 9.40. The van der Waals surface area contributed by atoms with Crippen LogP contribution in [0.2, 0.25) is 0 Å². The fourth-order valence-electron chi connectivity index (χ4n) is 5.12. The molecule has 1 aromatic heterocycles. The molecule has 0 aliphatic rings. The van der Waals surface area contributed by atoms with Gasteiger partial charge in [0.05, 0.1) is 16.7 Å². The molecule has 6 rings (SSSR count). The minimum Gasteiger partial charge on any atom is -0.360 e. The van der Waals surface area contributed by atoms with E-state index in [9.17, 15) is 0 Å². The predicted molar refractivity (Wildman–Crippen MR) is 161 cm³/mol. The molecule has 0 radical (unpaired) electrons. The summed E-state index contributed by atoms with van der Waals surface area (Å²) in [5.41, 5.74) is 8.44. The van der Waals surface area contributed by atoms with Gasteiger partial charge in [-0.1, -0.05) is 122 Å². The van der Waals surface area contributed by atoms with Gasteiger partial charge >= 0.3 is 0 Å². The molecular formula is C35H29N3. The zero-order valence-electron chi connectivity index (χ0n) is 21.4. The molecule has 38 heavy (non-hydrogen) atoms. The Morgan fingerprint density at radius 2 is 1.13 bits per heavy atom. The maximum absolute atomic E-state index is 5.24. The van der Waals surface area contributed by atoms with E-state index in [1.54, 1.807) is 0 Å². The highest BCUT2D eigenvalue weighted by Gasteiger charge is 2.20. The van der Waals surface area contributed by atoms with Crippen molar-refractivity contribution in [1.29, 1.82) is 0 Å². The zero-order chi connectivity index (χ0) is 25.9. The molecule has 1 N–H and O–H groups in total. The third-order valence-corrected chi connectivity index (χ3v) is 7.00. The first-order chi connectivity index (χ1) is 18.7. The molecule has 1 unspecified atom stereocenters. The van der Waals surface area contributed by atoms with Gasteiger partial charge in [0.25, 0.3) is 0 Å². The van der Waals surface area contributed by atoms with Gasteiger partial charge in [-0.25, -0.2) is 0 Å². The number of aromatic nitrogens is 1. The molecular weight excluding hydrogens is 462 g/mol. The van der Waals surface area contributed by atoms with Crippen LogP contribution in [0.4, 0.5) is 0 Å². The summed E-state index contributed by atoms with van der Waals surface area (Å²) in [7, 11) is 0. The quantitative estimate of drug-likeness (QED) is 0.223. The van der Waals surface area contributed by atoms with Crippen LogP contribution in [0.15, 0.2) is 145 Å². The lowest BCUT2D eigenvalue weighted by Gasteiger charge is -2.23. The molecule has 0 amide bonds. The van der Waals surface area contributed by atoms with Crippen molar-refractivity contribution in [2.45, 2.75) is 13.1 Å². The summed E-state index contributed by atoms with van der Waals surface area (Å²) in [6.45, 7) is 6.44. The molecule has 3 heteroatoms. The molecule has 0 aliphatic carbocycles. The molecule has 0 spiro atoms. The number of para-hydroxylation sites is 3. The van der Waals surface area contributed by atoms with Gasteiger partial charge < -0.3 is 9.88 Å². The normalized spacial score (nSPS) is 12.5. The fourth-order valence-corrected chi connectivity index (χ4v) is 5.12. The van der Waals surface area contributed by atoms with E-state index < -0.39 is 0 Å². The second-order valence-electron chi connectivity index (χ2n) is 9.40. The lowest BCUT2D eigenvalue weighted by Crippen LogP contribution is -2.21. The summed E-state index contributed by atoms with van der Waals surface area (Å²) in [6.07, 6.45) is -0.348. The van der Waals surface area contributed by atoms with Crippen LogP contribution in [-0.2, 0) is 0 Å². The largest absolute Gasteiger partial charge is 0.360 e. The van der Waals surface area contributed by atoms with Crippen LogP contribution in [0, 0.1) is 0 Å². The molecule has 5 aromatic carbocycles. The summed E-state index contributed by atoms with van der Waals surface area (Å²) in [6, 6.07) is 46.2. The minimum atomic E-state index is -0.348. The number of hydrogen-bond donors (Lipinski definition) is 1. The molecule has 0 fully saturated rings. The van der Waals surface area contributed by atoms with Gasteiger partial charge in [-0.2, -0.15) is 0 Å². The van der Waals surface area contributed by atoms with Gasteiger partial charge in [0.15, 0.2) is 0 Å². The van der Waals surface area contributed by atoms with E-state index in [2.05, 4.69) is 120 Å². The van der Waals surface area contributed by atoms with Crippen molar-refractivity contribution in [2.75, 3.05) is 0 Å². The smallest absolute Gasteiger partial charge is 0.147 e. The average Bonchev–Trinajstić information content (AvgIpc) is 3.32. The topological polar surface area (TPSA) is 29.3 Å². The maximum Gasteiger partial charge on any atom is 0.147 e. The fraction of sp³-hybridized carbons (Fsp3) is 0.0571. The Balaban J connectivity index is 1.54. The maximum atomic E-state index is 5.24. The van der Waals surface area contributed by atoms with Gasteiger partial charge in [-0.15, -0.1) is 0 Å². The lowest BCUT2D eigenvalue weighted by molar-refractivity contribution is 0.667. The van der Waals surface area contributed by atoms with Crippen molar-refractivity contribution in [3.05, 3.63) is 157 Å². The molecule has 0 bridgehead atoms. The minimum absolute atomic E-state index is 0.348. The Labute approximate surface area is 223 Å². The van der Waals surface area contributed by atoms with Crippen molar-refractivity contribution in [3.63, 3.8) is 0 Å². The van der Waals surface area contributed by atoms with Crippen LogP contribution >= 0.6 is 0 Å². The average molecular weight is 492 g/mol. The first kappa shape index (κ1) is 23.5. The summed E-state index contributed by atoms with van der Waals surface area (Å²) >= 11 is 0. The zero-order valence-corrected chi connectivity index (χ0v) is 21.4. The molecule has 184 valence electrons. The van der Waals surface area contributed by atoms with Crippen LogP contribution in [-0.4, -0.2) is 10.3 Å². The van der Waals surface area contributed by atoms with Crippen molar-refractivity contribution in [3.8, 4) is 5.69 Å². The van der Waals surface area contributed by atoms with Crippen molar-refractivity contribution < 1.29 is 0 Å². The Morgan fingerprint density at radius 3 is 1.76 bits per heavy atom. The highest BCUT2D eigenvalue weighted by atomic mass is 15.1. The van der Waals surface area contributed by atoms with Gasteiger partial charge in [0, 0.05) is 27.7 Å². The summed E-state index contributed by atoms with van der Waals surface area (Å²) in [5, 5.41) is 6.13. The van der Waals surface area contributed by atoms with Gasteiger partial charge in [0.2, 0.25) is 0 Å². The van der Waals surface area contributed by atoms with E-state index in [1.807, 2.05) is 36.4 Å². The number of aliphatic imine (C=N–C) groups is 1. The standard InChI is InChI=1S/C35H29N3/c1-25(27-15-5-3-6-16-27)36-35(37-26(2)28-17-7-4-8-18-28)31-21-11-14-24-34(31)38-32-22-12-9-19-29(32)30-20-10-13-23-33(30)38/h3-24,35-36H,1H2,2H3. The molecule has 1 atom stereocenters. The number of nitrogens with one attached hydrogen (secondary N) is 1. The molecule has 0 saturated heterocycles. The highest BCUT2D eigenvalue weighted by Crippen LogP contribution is 2.35. The van der Waals surface area contributed by atoms with Crippen LogP contribution in [0.25, 0.3) is 33.2 Å². The summed E-state index contributed by atoms with van der Waals surface area (Å²) in [4.78, 5) is 5.24. The van der Waals surface area contributed by atoms with E-state index in [-0.39, 0.29) is 6.17 Å². The van der Waals surface area contributed by atoms with Crippen molar-refractivity contribution >= 4 is 33.2 Å². The van der Waals surface area contributed by atoms with Crippen LogP contribution in [0.1, 0.15) is 29.8 Å². The molecule has 0 saturated carbocycles. The van der Waals surface area contributed by atoms with Gasteiger partial charge in [-0.3, -0.25) is 4.99 Å². The van der Waals surface area contributed by atoms with E-state index in [4.69, 9.17) is 4.99 Å².